The van der Waals surface area contributed by atoms with Crippen molar-refractivity contribution in [3.05, 3.63) is 29.3 Å². The molecule has 1 fully saturated rings. The third kappa shape index (κ3) is 5.81. The lowest BCUT2D eigenvalue weighted by Gasteiger charge is -2.29. The van der Waals surface area contributed by atoms with Gasteiger partial charge < -0.3 is 10.2 Å². The first-order chi connectivity index (χ1) is 11.1. The van der Waals surface area contributed by atoms with E-state index in [-0.39, 0.29) is 30.7 Å². The molecule has 1 amide bonds. The van der Waals surface area contributed by atoms with Crippen molar-refractivity contribution in [2.24, 2.45) is 11.8 Å². The van der Waals surface area contributed by atoms with Gasteiger partial charge in [0.25, 0.3) is 0 Å². The molecule has 3 rings (SSSR count). The van der Waals surface area contributed by atoms with E-state index in [2.05, 4.69) is 23.3 Å². The van der Waals surface area contributed by atoms with Gasteiger partial charge >= 0.3 is 0 Å². The summed E-state index contributed by atoms with van der Waals surface area (Å²) in [4.78, 5) is 18.9. The molecule has 1 aromatic carbocycles. The number of carbonyl (C=O) groups is 1. The van der Waals surface area contributed by atoms with Crippen molar-refractivity contribution < 1.29 is 4.79 Å². The molecule has 25 heavy (non-hydrogen) atoms. The Bertz CT molecular complexity index is 640. The van der Waals surface area contributed by atoms with E-state index >= 15 is 0 Å². The second-order valence-corrected chi connectivity index (χ2v) is 7.73. The minimum absolute atomic E-state index is 0. The summed E-state index contributed by atoms with van der Waals surface area (Å²) >= 11 is 1.67. The van der Waals surface area contributed by atoms with E-state index in [1.165, 1.54) is 17.5 Å². The van der Waals surface area contributed by atoms with E-state index in [4.69, 9.17) is 0 Å². The Morgan fingerprint density at radius 2 is 2.16 bits per heavy atom. The van der Waals surface area contributed by atoms with E-state index in [0.29, 0.717) is 24.8 Å². The number of nitrogens with zero attached hydrogens (tertiary/aromatic N) is 2. The fourth-order valence-corrected chi connectivity index (χ4v) is 4.26. The second-order valence-electron chi connectivity index (χ2n) is 6.61. The van der Waals surface area contributed by atoms with Gasteiger partial charge in [-0.05, 0) is 49.9 Å². The molecule has 2 atom stereocenters. The number of thiazole rings is 1. The lowest BCUT2D eigenvalue weighted by atomic mass is 9.85. The average Bonchev–Trinajstić information content (AvgIpc) is 2.97. The summed E-state index contributed by atoms with van der Waals surface area (Å²) in [5.41, 5.74) is 1.02. The summed E-state index contributed by atoms with van der Waals surface area (Å²) in [5.74, 6) is 1.29. The summed E-state index contributed by atoms with van der Waals surface area (Å²) in [7, 11) is 1.89. The molecule has 7 heteroatoms. The highest BCUT2D eigenvalue weighted by Crippen LogP contribution is 2.25. The fraction of sp³-hybridized carbons (Fsp3) is 0.556. The van der Waals surface area contributed by atoms with Crippen molar-refractivity contribution in [1.82, 2.24) is 15.2 Å². The number of piperidine rings is 1. The molecule has 1 N–H and O–H groups in total. The number of aromatic nitrogens is 1. The highest BCUT2D eigenvalue weighted by molar-refractivity contribution is 7.18. The first-order valence-electron chi connectivity index (χ1n) is 8.42. The predicted octanol–water partition coefficient (Wildman–Crippen LogP) is 4.12. The summed E-state index contributed by atoms with van der Waals surface area (Å²) in [6.45, 7) is 4.99. The molecule has 0 radical (unpaired) electrons. The van der Waals surface area contributed by atoms with E-state index in [1.54, 1.807) is 11.3 Å². The summed E-state index contributed by atoms with van der Waals surface area (Å²) in [6, 6.07) is 8.13. The number of amides is 1. The first kappa shape index (κ1) is 22.2. The van der Waals surface area contributed by atoms with E-state index < -0.39 is 0 Å². The van der Waals surface area contributed by atoms with Crippen molar-refractivity contribution >= 4 is 52.3 Å². The van der Waals surface area contributed by atoms with Gasteiger partial charge in [0.05, 0.1) is 16.8 Å². The van der Waals surface area contributed by atoms with Crippen molar-refractivity contribution in [1.29, 1.82) is 0 Å². The number of para-hydroxylation sites is 1. The molecular weight excluding hydrogens is 377 g/mol. The van der Waals surface area contributed by atoms with Crippen LogP contribution in [0.4, 0.5) is 0 Å². The van der Waals surface area contributed by atoms with Gasteiger partial charge in [0.2, 0.25) is 5.91 Å². The summed E-state index contributed by atoms with van der Waals surface area (Å²) in [6.07, 6.45) is 3.10. The predicted molar refractivity (Wildman–Crippen MR) is 110 cm³/mol. The number of carbonyl (C=O) groups excluding carboxylic acids is 1. The maximum Gasteiger partial charge on any atom is 0.222 e. The number of hydrogen-bond acceptors (Lipinski definition) is 4. The molecule has 2 heterocycles. The third-order valence-corrected chi connectivity index (χ3v) is 5.79. The number of nitrogens with one attached hydrogen (secondary N) is 1. The molecule has 2 aromatic rings. The number of halogens is 2. The molecule has 0 saturated carbocycles. The zero-order valence-electron chi connectivity index (χ0n) is 14.7. The molecule has 140 valence electrons. The van der Waals surface area contributed by atoms with Gasteiger partial charge in [-0.2, -0.15) is 0 Å². The molecule has 1 aromatic heterocycles. The molecule has 0 spiro atoms. The zero-order valence-corrected chi connectivity index (χ0v) is 17.2. The monoisotopic (exact) mass is 403 g/mol. The highest BCUT2D eigenvalue weighted by Gasteiger charge is 2.23. The summed E-state index contributed by atoms with van der Waals surface area (Å²) in [5, 5.41) is 4.45. The third-order valence-electron chi connectivity index (χ3n) is 4.77. The minimum Gasteiger partial charge on any atom is -0.339 e. The fourth-order valence-electron chi connectivity index (χ4n) is 3.24. The number of fused-ring (bicyclic) bond motifs is 1. The highest BCUT2D eigenvalue weighted by atomic mass is 35.5. The van der Waals surface area contributed by atoms with Gasteiger partial charge in [0, 0.05) is 13.5 Å². The lowest BCUT2D eigenvalue weighted by molar-refractivity contribution is -0.131. The van der Waals surface area contributed by atoms with Crippen LogP contribution in [0.2, 0.25) is 0 Å². The van der Waals surface area contributed by atoms with Crippen LogP contribution in [0.5, 0.6) is 0 Å². The zero-order chi connectivity index (χ0) is 16.2. The Morgan fingerprint density at radius 3 is 2.84 bits per heavy atom. The molecule has 1 aliphatic heterocycles. The van der Waals surface area contributed by atoms with Crippen LogP contribution in [0, 0.1) is 11.8 Å². The smallest absolute Gasteiger partial charge is 0.222 e. The Balaban J connectivity index is 0.00000156. The molecule has 1 aliphatic rings. The maximum absolute atomic E-state index is 12.5. The van der Waals surface area contributed by atoms with Crippen LogP contribution in [0.25, 0.3) is 10.2 Å². The van der Waals surface area contributed by atoms with Gasteiger partial charge in [-0.3, -0.25) is 4.79 Å². The Labute approximate surface area is 166 Å². The van der Waals surface area contributed by atoms with Gasteiger partial charge in [0.1, 0.15) is 5.01 Å². The SMILES string of the molecule is CC(CC(=O)N(C)Cc1nc2ccccc2s1)C1CCCNC1.Cl.Cl. The first-order valence-corrected chi connectivity index (χ1v) is 9.24. The number of rotatable bonds is 5. The van der Waals surface area contributed by atoms with Gasteiger partial charge in [-0.1, -0.05) is 19.1 Å². The topological polar surface area (TPSA) is 45.2 Å². The van der Waals surface area contributed by atoms with E-state index in [0.717, 1.165) is 23.6 Å². The van der Waals surface area contributed by atoms with Gasteiger partial charge in [0.15, 0.2) is 0 Å². The van der Waals surface area contributed by atoms with E-state index in [1.807, 2.05) is 30.1 Å². The number of benzene rings is 1. The van der Waals surface area contributed by atoms with Gasteiger partial charge in [-0.15, -0.1) is 36.2 Å². The summed E-state index contributed by atoms with van der Waals surface area (Å²) < 4.78 is 1.19. The van der Waals surface area contributed by atoms with Crippen molar-refractivity contribution in [3.63, 3.8) is 0 Å². The molecule has 1 saturated heterocycles. The lowest BCUT2D eigenvalue weighted by Crippen LogP contribution is -2.36. The standard InChI is InChI=1S/C18H25N3OS.2ClH/c1-13(14-6-5-9-19-11-14)10-18(22)21(2)12-17-20-15-7-3-4-8-16(15)23-17;;/h3-4,7-8,13-14,19H,5-6,9-12H2,1-2H3;2*1H. The largest absolute Gasteiger partial charge is 0.339 e. The van der Waals surface area contributed by atoms with Crippen LogP contribution in [-0.4, -0.2) is 35.9 Å². The van der Waals surface area contributed by atoms with Crippen LogP contribution in [0.15, 0.2) is 24.3 Å². The molecule has 2 unspecified atom stereocenters. The minimum atomic E-state index is 0. The van der Waals surface area contributed by atoms with Crippen LogP contribution in [-0.2, 0) is 11.3 Å². The number of hydrogen-bond donors (Lipinski definition) is 1. The van der Waals surface area contributed by atoms with Crippen LogP contribution in [0.1, 0.15) is 31.2 Å². The Hall–Kier alpha value is -0.880. The quantitative estimate of drug-likeness (QED) is 0.815. The van der Waals surface area contributed by atoms with Crippen molar-refractivity contribution in [2.45, 2.75) is 32.7 Å². The second kappa shape index (κ2) is 10.3. The molecular formula is C18H27Cl2N3OS. The van der Waals surface area contributed by atoms with Crippen LogP contribution < -0.4 is 5.32 Å². The Kier molecular flexibility index (Phi) is 9.14. The van der Waals surface area contributed by atoms with Crippen LogP contribution in [0.3, 0.4) is 0 Å². The van der Waals surface area contributed by atoms with Crippen molar-refractivity contribution in [2.75, 3.05) is 20.1 Å². The average molecular weight is 404 g/mol. The normalized spacial score (nSPS) is 18.1. The van der Waals surface area contributed by atoms with E-state index in [9.17, 15) is 4.79 Å². The molecule has 0 aliphatic carbocycles. The molecule has 0 bridgehead atoms. The van der Waals surface area contributed by atoms with Crippen molar-refractivity contribution in [3.8, 4) is 0 Å². The van der Waals surface area contributed by atoms with Crippen LogP contribution >= 0.6 is 36.2 Å². The van der Waals surface area contributed by atoms with Gasteiger partial charge in [-0.25, -0.2) is 4.98 Å². The maximum atomic E-state index is 12.5. The molecule has 4 nitrogen and oxygen atoms in total. The Morgan fingerprint density at radius 1 is 1.40 bits per heavy atom.